The predicted molar refractivity (Wildman–Crippen MR) is 124 cm³/mol. The number of amides is 1. The maximum Gasteiger partial charge on any atom is 0.267 e. The van der Waals surface area contributed by atoms with Gasteiger partial charge in [0.2, 0.25) is 0 Å². The smallest absolute Gasteiger partial charge is 0.267 e. The number of allylic oxidation sites excluding steroid dienone is 2. The molecule has 7 nitrogen and oxygen atoms in total. The molecule has 3 rings (SSSR count). The van der Waals surface area contributed by atoms with E-state index in [1.807, 2.05) is 26.8 Å². The number of nitriles is 1. The molecule has 0 aliphatic rings. The Morgan fingerprint density at radius 2 is 2.19 bits per heavy atom. The minimum absolute atomic E-state index is 0.127. The van der Waals surface area contributed by atoms with E-state index in [4.69, 9.17) is 4.98 Å². The highest BCUT2D eigenvalue weighted by Gasteiger charge is 2.16. The molecular weight excluding hydrogens is 410 g/mol. The normalized spacial score (nSPS) is 12.2. The Bertz CT molecular complexity index is 1370. The molecule has 0 radical (unpaired) electrons. The molecule has 0 bridgehead atoms. The van der Waals surface area contributed by atoms with Gasteiger partial charge in [0.15, 0.2) is 5.49 Å². The number of rotatable bonds is 6. The number of hydrogen-bond acceptors (Lipinski definition) is 5. The third kappa shape index (κ3) is 4.67. The Labute approximate surface area is 184 Å². The minimum atomic E-state index is -0.374. The van der Waals surface area contributed by atoms with Crippen molar-refractivity contribution in [1.82, 2.24) is 14.0 Å². The van der Waals surface area contributed by atoms with E-state index in [9.17, 15) is 14.9 Å². The summed E-state index contributed by atoms with van der Waals surface area (Å²) in [6.07, 6.45) is 5.02. The van der Waals surface area contributed by atoms with Crippen LogP contribution in [0, 0.1) is 24.2 Å². The van der Waals surface area contributed by atoms with E-state index in [-0.39, 0.29) is 34.2 Å². The number of hydrogen-bond donors (Lipinski definition) is 0. The van der Waals surface area contributed by atoms with E-state index in [0.29, 0.717) is 23.2 Å². The Balaban J connectivity index is 2.35. The van der Waals surface area contributed by atoms with Crippen molar-refractivity contribution in [3.8, 4) is 6.07 Å². The molecule has 0 aliphatic carbocycles. The molecule has 158 valence electrons. The number of thioether (sulfide) groups is 1. The topological polar surface area (TPSA) is 92.5 Å². The minimum Gasteiger partial charge on any atom is -0.309 e. The van der Waals surface area contributed by atoms with Crippen LogP contribution in [0.5, 0.6) is 0 Å². The first kappa shape index (κ1) is 22.2. The zero-order valence-corrected chi connectivity index (χ0v) is 18.5. The van der Waals surface area contributed by atoms with Crippen LogP contribution in [0.15, 0.2) is 58.3 Å². The van der Waals surface area contributed by atoms with Crippen molar-refractivity contribution in [2.45, 2.75) is 27.3 Å². The van der Waals surface area contributed by atoms with Crippen molar-refractivity contribution in [1.29, 1.82) is 5.26 Å². The van der Waals surface area contributed by atoms with Crippen molar-refractivity contribution in [3.05, 3.63) is 75.5 Å². The third-order valence-corrected chi connectivity index (χ3v) is 5.28. The van der Waals surface area contributed by atoms with Crippen LogP contribution in [-0.2, 0) is 11.3 Å². The van der Waals surface area contributed by atoms with Gasteiger partial charge in [0.05, 0.1) is 16.7 Å². The van der Waals surface area contributed by atoms with Crippen LogP contribution in [0.1, 0.15) is 25.0 Å². The van der Waals surface area contributed by atoms with Gasteiger partial charge in [-0.05, 0) is 35.9 Å². The van der Waals surface area contributed by atoms with Crippen LogP contribution < -0.4 is 11.0 Å². The molecule has 3 aromatic rings. The van der Waals surface area contributed by atoms with E-state index in [2.05, 4.69) is 17.6 Å². The van der Waals surface area contributed by atoms with Gasteiger partial charge in [-0.1, -0.05) is 38.6 Å². The van der Waals surface area contributed by atoms with Crippen molar-refractivity contribution < 1.29 is 4.79 Å². The molecule has 0 saturated heterocycles. The van der Waals surface area contributed by atoms with Crippen LogP contribution in [0.2, 0.25) is 0 Å². The van der Waals surface area contributed by atoms with Gasteiger partial charge >= 0.3 is 0 Å². The molecule has 3 heterocycles. The molecule has 0 atom stereocenters. The van der Waals surface area contributed by atoms with Gasteiger partial charge in [-0.15, -0.1) is 11.8 Å². The van der Waals surface area contributed by atoms with Gasteiger partial charge in [-0.3, -0.25) is 14.0 Å². The molecule has 0 saturated carbocycles. The first-order valence-corrected chi connectivity index (χ1v) is 10.8. The van der Waals surface area contributed by atoms with Crippen molar-refractivity contribution in [2.24, 2.45) is 10.9 Å². The van der Waals surface area contributed by atoms with E-state index < -0.39 is 0 Å². The summed E-state index contributed by atoms with van der Waals surface area (Å²) in [7, 11) is 0. The molecule has 1 amide bonds. The molecule has 3 aromatic heterocycles. The molecule has 0 unspecified atom stereocenters. The quantitative estimate of drug-likeness (QED) is 0.439. The van der Waals surface area contributed by atoms with E-state index in [1.54, 1.807) is 34.4 Å². The van der Waals surface area contributed by atoms with Crippen LogP contribution in [0.25, 0.3) is 16.7 Å². The summed E-state index contributed by atoms with van der Waals surface area (Å²) >= 11 is 1.29. The molecule has 0 spiro atoms. The molecule has 0 N–H and O–H groups in total. The summed E-state index contributed by atoms with van der Waals surface area (Å²) in [5.74, 6) is -0.0732. The number of fused-ring (bicyclic) bond motifs is 2. The summed E-state index contributed by atoms with van der Waals surface area (Å²) in [6, 6.07) is 7.24. The fourth-order valence-electron chi connectivity index (χ4n) is 3.21. The lowest BCUT2D eigenvalue weighted by atomic mass is 10.1. The van der Waals surface area contributed by atoms with Crippen molar-refractivity contribution >= 4 is 34.3 Å². The summed E-state index contributed by atoms with van der Waals surface area (Å²) < 4.78 is 3.19. The van der Waals surface area contributed by atoms with Crippen molar-refractivity contribution in [2.75, 3.05) is 5.75 Å². The van der Waals surface area contributed by atoms with Gasteiger partial charge < -0.3 is 4.57 Å². The van der Waals surface area contributed by atoms with E-state index in [1.165, 1.54) is 22.2 Å². The average molecular weight is 434 g/mol. The lowest BCUT2D eigenvalue weighted by Crippen LogP contribution is -2.31. The third-order valence-electron chi connectivity index (χ3n) is 4.52. The Kier molecular flexibility index (Phi) is 6.88. The SMILES string of the molecule is C=C/C=C/SCC(=O)N=c1c(C#N)cc2c(=O)n3cccc(C)c3nc2n1CC(C)C. The average Bonchev–Trinajstić information content (AvgIpc) is 2.73. The second-order valence-electron chi connectivity index (χ2n) is 7.42. The fraction of sp³-hybridized carbons (Fsp3) is 0.261. The Morgan fingerprint density at radius 1 is 1.42 bits per heavy atom. The standard InChI is InChI=1S/C23H23N5O2S/c1-5-6-10-31-14-19(29)25-21-17(12-24)11-18-22(28(21)13-15(2)3)26-20-16(4)8-7-9-27(20)23(18)30/h5-11,15H,1,13-14H2,2-4H3/b10-6+,25-21?. The highest BCUT2D eigenvalue weighted by molar-refractivity contribution is 8.02. The van der Waals surface area contributed by atoms with Crippen molar-refractivity contribution in [3.63, 3.8) is 0 Å². The van der Waals surface area contributed by atoms with E-state index in [0.717, 1.165) is 5.56 Å². The number of aryl methyl sites for hydroxylation is 1. The fourth-order valence-corrected chi connectivity index (χ4v) is 3.73. The van der Waals surface area contributed by atoms with E-state index >= 15 is 0 Å². The molecule has 31 heavy (non-hydrogen) atoms. The maximum absolute atomic E-state index is 13.2. The lowest BCUT2D eigenvalue weighted by Gasteiger charge is -2.15. The maximum atomic E-state index is 13.2. The number of carbonyl (C=O) groups is 1. The van der Waals surface area contributed by atoms with Gasteiger partial charge in [0.25, 0.3) is 11.5 Å². The molecular formula is C23H23N5O2S. The monoisotopic (exact) mass is 433 g/mol. The van der Waals surface area contributed by atoms with Gasteiger partial charge in [0, 0.05) is 12.7 Å². The largest absolute Gasteiger partial charge is 0.309 e. The predicted octanol–water partition coefficient (Wildman–Crippen LogP) is 3.35. The van der Waals surface area contributed by atoms with Crippen LogP contribution in [0.3, 0.4) is 0 Å². The van der Waals surface area contributed by atoms with Gasteiger partial charge in [-0.2, -0.15) is 10.3 Å². The van der Waals surface area contributed by atoms with Gasteiger partial charge in [-0.25, -0.2) is 4.98 Å². The highest BCUT2D eigenvalue weighted by Crippen LogP contribution is 2.14. The number of aromatic nitrogens is 3. The Hall–Kier alpha value is -3.44. The second kappa shape index (κ2) is 9.58. The number of nitrogens with zero attached hydrogens (tertiary/aromatic N) is 5. The molecule has 0 aromatic carbocycles. The number of carbonyl (C=O) groups excluding carboxylic acids is 1. The molecule has 8 heteroatoms. The first-order valence-electron chi connectivity index (χ1n) is 9.79. The number of pyridine rings is 2. The molecule has 0 fully saturated rings. The van der Waals surface area contributed by atoms with Crippen LogP contribution in [0.4, 0.5) is 0 Å². The summed E-state index contributed by atoms with van der Waals surface area (Å²) in [5, 5.41) is 11.8. The highest BCUT2D eigenvalue weighted by atomic mass is 32.2. The zero-order chi connectivity index (χ0) is 22.5. The zero-order valence-electron chi connectivity index (χ0n) is 17.7. The second-order valence-corrected chi connectivity index (χ2v) is 8.31. The molecule has 0 aliphatic heterocycles. The Morgan fingerprint density at radius 3 is 2.87 bits per heavy atom. The summed E-state index contributed by atoms with van der Waals surface area (Å²) in [4.78, 5) is 34.6. The van der Waals surface area contributed by atoms with Crippen LogP contribution >= 0.6 is 11.8 Å². The first-order chi connectivity index (χ1) is 14.9. The summed E-state index contributed by atoms with van der Waals surface area (Å²) in [6.45, 7) is 9.95. The van der Waals surface area contributed by atoms with Gasteiger partial charge in [0.1, 0.15) is 17.4 Å². The lowest BCUT2D eigenvalue weighted by molar-refractivity contribution is -0.115. The van der Waals surface area contributed by atoms with Crippen LogP contribution in [-0.4, -0.2) is 25.6 Å². The summed E-state index contributed by atoms with van der Waals surface area (Å²) in [5.41, 5.74) is 1.93.